The Hall–Kier alpha value is -1.81. The first-order valence-corrected chi connectivity index (χ1v) is 6.50. The maximum atomic E-state index is 12.0. The van der Waals surface area contributed by atoms with Gasteiger partial charge in [-0.1, -0.05) is 17.7 Å². The van der Waals surface area contributed by atoms with Crippen LogP contribution in [0.15, 0.2) is 36.7 Å². The van der Waals surface area contributed by atoms with Gasteiger partial charge in [-0.05, 0) is 37.6 Å². The highest BCUT2D eigenvalue weighted by Crippen LogP contribution is 2.23. The highest BCUT2D eigenvalue weighted by Gasteiger charge is 2.12. The Bertz CT molecular complexity index is 566. The summed E-state index contributed by atoms with van der Waals surface area (Å²) in [7, 11) is 0. The molecule has 0 saturated carbocycles. The van der Waals surface area contributed by atoms with Crippen molar-refractivity contribution in [2.75, 3.05) is 5.32 Å². The molecule has 2 aromatic rings. The molecule has 0 aliphatic heterocycles. The van der Waals surface area contributed by atoms with Crippen LogP contribution in [0, 0.1) is 6.92 Å². The minimum atomic E-state index is -0.0478. The standard InChI is InChI=1S/C14H16ClN3O/c1-10(18-8-4-7-16-18)9-14(19)17-13-6-3-5-12(15)11(13)2/h3-8,10H,9H2,1-2H3,(H,17,19)/t10-/m1/s1. The van der Waals surface area contributed by atoms with Crippen LogP contribution in [0.4, 0.5) is 5.69 Å². The summed E-state index contributed by atoms with van der Waals surface area (Å²) in [6.07, 6.45) is 3.92. The molecule has 1 amide bonds. The summed E-state index contributed by atoms with van der Waals surface area (Å²) in [5.41, 5.74) is 1.63. The van der Waals surface area contributed by atoms with Gasteiger partial charge in [-0.3, -0.25) is 9.48 Å². The summed E-state index contributed by atoms with van der Waals surface area (Å²) in [6.45, 7) is 3.84. The van der Waals surface area contributed by atoms with Crippen molar-refractivity contribution >= 4 is 23.2 Å². The van der Waals surface area contributed by atoms with E-state index >= 15 is 0 Å². The van der Waals surface area contributed by atoms with Gasteiger partial charge in [0.25, 0.3) is 0 Å². The molecule has 19 heavy (non-hydrogen) atoms. The van der Waals surface area contributed by atoms with Crippen LogP contribution in [-0.4, -0.2) is 15.7 Å². The number of rotatable bonds is 4. The molecular formula is C14H16ClN3O. The molecule has 2 rings (SSSR count). The maximum absolute atomic E-state index is 12.0. The minimum Gasteiger partial charge on any atom is -0.326 e. The predicted molar refractivity (Wildman–Crippen MR) is 76.4 cm³/mol. The quantitative estimate of drug-likeness (QED) is 0.931. The van der Waals surface area contributed by atoms with Gasteiger partial charge in [-0.15, -0.1) is 0 Å². The molecule has 1 N–H and O–H groups in total. The van der Waals surface area contributed by atoms with Crippen molar-refractivity contribution in [3.63, 3.8) is 0 Å². The van der Waals surface area contributed by atoms with E-state index in [1.165, 1.54) is 0 Å². The van der Waals surface area contributed by atoms with E-state index in [9.17, 15) is 4.79 Å². The van der Waals surface area contributed by atoms with E-state index in [-0.39, 0.29) is 11.9 Å². The number of nitrogens with zero attached hydrogens (tertiary/aromatic N) is 2. The van der Waals surface area contributed by atoms with Gasteiger partial charge in [0.05, 0.1) is 6.04 Å². The van der Waals surface area contributed by atoms with E-state index in [4.69, 9.17) is 11.6 Å². The second-order valence-electron chi connectivity index (χ2n) is 4.50. The lowest BCUT2D eigenvalue weighted by molar-refractivity contribution is -0.116. The first-order chi connectivity index (χ1) is 9.08. The number of carbonyl (C=O) groups excluding carboxylic acids is 1. The number of amides is 1. The normalized spacial score (nSPS) is 12.2. The second-order valence-corrected chi connectivity index (χ2v) is 4.91. The van der Waals surface area contributed by atoms with Crippen molar-refractivity contribution in [2.24, 2.45) is 0 Å². The summed E-state index contributed by atoms with van der Waals surface area (Å²) in [6, 6.07) is 7.34. The average molecular weight is 278 g/mol. The lowest BCUT2D eigenvalue weighted by atomic mass is 10.2. The Morgan fingerprint density at radius 1 is 1.47 bits per heavy atom. The number of hydrogen-bond acceptors (Lipinski definition) is 2. The molecule has 100 valence electrons. The van der Waals surface area contributed by atoms with E-state index in [2.05, 4.69) is 10.4 Å². The van der Waals surface area contributed by atoms with Crippen LogP contribution in [-0.2, 0) is 4.79 Å². The number of halogens is 1. The first kappa shape index (κ1) is 13.6. The molecule has 1 aromatic heterocycles. The number of nitrogens with one attached hydrogen (secondary N) is 1. The van der Waals surface area contributed by atoms with E-state index in [1.807, 2.05) is 38.2 Å². The second kappa shape index (κ2) is 5.89. The highest BCUT2D eigenvalue weighted by molar-refractivity contribution is 6.31. The lowest BCUT2D eigenvalue weighted by Gasteiger charge is -2.13. The molecule has 0 spiro atoms. The zero-order valence-corrected chi connectivity index (χ0v) is 11.7. The zero-order chi connectivity index (χ0) is 13.8. The largest absolute Gasteiger partial charge is 0.326 e. The van der Waals surface area contributed by atoms with Crippen LogP contribution in [0.1, 0.15) is 24.9 Å². The van der Waals surface area contributed by atoms with Gasteiger partial charge in [0.15, 0.2) is 0 Å². The molecule has 0 saturated heterocycles. The number of anilines is 1. The fourth-order valence-corrected chi connectivity index (χ4v) is 2.02. The minimum absolute atomic E-state index is 0.0227. The molecule has 0 aliphatic carbocycles. The van der Waals surface area contributed by atoms with E-state index in [0.29, 0.717) is 11.4 Å². The molecule has 0 unspecified atom stereocenters. The summed E-state index contributed by atoms with van der Waals surface area (Å²) >= 11 is 6.02. The third kappa shape index (κ3) is 3.35. The molecule has 1 atom stereocenters. The van der Waals surface area contributed by atoms with Crippen LogP contribution >= 0.6 is 11.6 Å². The molecule has 0 bridgehead atoms. The Kier molecular flexibility index (Phi) is 4.22. The van der Waals surface area contributed by atoms with Gasteiger partial charge in [-0.25, -0.2) is 0 Å². The predicted octanol–water partition coefficient (Wildman–Crippen LogP) is 3.43. The van der Waals surface area contributed by atoms with Gasteiger partial charge in [0.2, 0.25) is 5.91 Å². The van der Waals surface area contributed by atoms with Crippen molar-refractivity contribution in [2.45, 2.75) is 26.3 Å². The molecule has 1 aromatic carbocycles. The summed E-state index contributed by atoms with van der Waals surface area (Å²) in [5, 5.41) is 7.65. The fourth-order valence-electron chi connectivity index (χ4n) is 1.85. The van der Waals surface area contributed by atoms with Gasteiger partial charge in [0.1, 0.15) is 0 Å². The smallest absolute Gasteiger partial charge is 0.226 e. The monoisotopic (exact) mass is 277 g/mol. The number of aromatic nitrogens is 2. The molecule has 0 fully saturated rings. The topological polar surface area (TPSA) is 46.9 Å². The Morgan fingerprint density at radius 2 is 2.26 bits per heavy atom. The van der Waals surface area contributed by atoms with Gasteiger partial charge < -0.3 is 5.32 Å². The summed E-state index contributed by atoms with van der Waals surface area (Å²) < 4.78 is 1.77. The van der Waals surface area contributed by atoms with E-state index in [0.717, 1.165) is 11.3 Å². The molecular weight excluding hydrogens is 262 g/mol. The SMILES string of the molecule is Cc1c(Cl)cccc1NC(=O)C[C@@H](C)n1cccn1. The summed E-state index contributed by atoms with van der Waals surface area (Å²) in [5.74, 6) is -0.0478. The maximum Gasteiger partial charge on any atom is 0.226 e. The van der Waals surface area contributed by atoms with Crippen LogP contribution < -0.4 is 5.32 Å². The molecule has 0 radical (unpaired) electrons. The lowest BCUT2D eigenvalue weighted by Crippen LogP contribution is -2.18. The van der Waals surface area contributed by atoms with Crippen molar-refractivity contribution in [1.82, 2.24) is 9.78 Å². The van der Waals surface area contributed by atoms with E-state index < -0.39 is 0 Å². The van der Waals surface area contributed by atoms with Crippen molar-refractivity contribution < 1.29 is 4.79 Å². The molecule has 5 heteroatoms. The number of benzene rings is 1. The summed E-state index contributed by atoms with van der Waals surface area (Å²) in [4.78, 5) is 12.0. The Labute approximate surface area is 117 Å². The fraction of sp³-hybridized carbons (Fsp3) is 0.286. The van der Waals surface area contributed by atoms with Gasteiger partial charge >= 0.3 is 0 Å². The Balaban J connectivity index is 2.00. The van der Waals surface area contributed by atoms with Crippen LogP contribution in [0.3, 0.4) is 0 Å². The highest BCUT2D eigenvalue weighted by atomic mass is 35.5. The number of hydrogen-bond donors (Lipinski definition) is 1. The molecule has 1 heterocycles. The molecule has 4 nitrogen and oxygen atoms in total. The average Bonchev–Trinajstić information content (AvgIpc) is 2.88. The van der Waals surface area contributed by atoms with Crippen molar-refractivity contribution in [1.29, 1.82) is 0 Å². The first-order valence-electron chi connectivity index (χ1n) is 6.12. The van der Waals surface area contributed by atoms with Crippen LogP contribution in [0.2, 0.25) is 5.02 Å². The third-order valence-corrected chi connectivity index (χ3v) is 3.41. The van der Waals surface area contributed by atoms with Crippen molar-refractivity contribution in [3.8, 4) is 0 Å². The zero-order valence-electron chi connectivity index (χ0n) is 10.9. The van der Waals surface area contributed by atoms with Gasteiger partial charge in [-0.2, -0.15) is 5.10 Å². The van der Waals surface area contributed by atoms with Gasteiger partial charge in [0, 0.05) is 29.5 Å². The number of carbonyl (C=O) groups is 1. The van der Waals surface area contributed by atoms with Crippen LogP contribution in [0.25, 0.3) is 0 Å². The van der Waals surface area contributed by atoms with Crippen LogP contribution in [0.5, 0.6) is 0 Å². The molecule has 0 aliphatic rings. The van der Waals surface area contributed by atoms with E-state index in [1.54, 1.807) is 16.9 Å². The third-order valence-electron chi connectivity index (χ3n) is 3.00. The van der Waals surface area contributed by atoms with Crippen molar-refractivity contribution in [3.05, 3.63) is 47.2 Å². The Morgan fingerprint density at radius 3 is 2.95 bits per heavy atom.